The molecule has 1 aromatic carbocycles. The Kier molecular flexibility index (Phi) is 3.69. The predicted molar refractivity (Wildman–Crippen MR) is 49.3 cm³/mol. The van der Waals surface area contributed by atoms with Crippen molar-refractivity contribution in [3.63, 3.8) is 0 Å². The zero-order valence-electron chi connectivity index (χ0n) is 8.61. The number of rotatable bonds is 2. The number of nitrogens with one attached hydrogen (secondary N) is 1. The van der Waals surface area contributed by atoms with Crippen LogP contribution < -0.4 is 5.32 Å². The van der Waals surface area contributed by atoms with Crippen LogP contribution in [0.5, 0.6) is 0 Å². The van der Waals surface area contributed by atoms with Crippen molar-refractivity contribution in [2.75, 3.05) is 0 Å². The first kappa shape index (κ1) is 13.4. The first-order valence-electron chi connectivity index (χ1n) is 4.54. The number of benzene rings is 1. The summed E-state index contributed by atoms with van der Waals surface area (Å²) in [6.45, 7) is 0.703. The Labute approximate surface area is 93.4 Å². The van der Waals surface area contributed by atoms with Crippen LogP contribution in [0.3, 0.4) is 0 Å². The van der Waals surface area contributed by atoms with Crippen molar-refractivity contribution in [2.45, 2.75) is 19.1 Å². The van der Waals surface area contributed by atoms with Crippen LogP contribution >= 0.6 is 0 Å². The highest BCUT2D eigenvalue weighted by atomic mass is 19.4. The molecule has 1 aromatic rings. The molecule has 0 aliphatic rings. The number of carbonyl (C=O) groups excluding carboxylic acids is 1. The van der Waals surface area contributed by atoms with E-state index in [9.17, 15) is 26.7 Å². The van der Waals surface area contributed by atoms with Gasteiger partial charge in [0.1, 0.15) is 17.7 Å². The van der Waals surface area contributed by atoms with Crippen molar-refractivity contribution in [1.82, 2.24) is 5.32 Å². The van der Waals surface area contributed by atoms with Crippen LogP contribution in [-0.4, -0.2) is 18.1 Å². The molecule has 0 spiro atoms. The summed E-state index contributed by atoms with van der Waals surface area (Å²) in [6.07, 6.45) is -4.64. The number of amides is 1. The molecule has 0 fully saturated rings. The van der Waals surface area contributed by atoms with E-state index in [4.69, 9.17) is 0 Å². The zero-order valence-corrected chi connectivity index (χ0v) is 8.61. The third kappa shape index (κ3) is 3.40. The van der Waals surface area contributed by atoms with E-state index in [0.29, 0.717) is 19.1 Å². The second kappa shape index (κ2) is 4.68. The summed E-state index contributed by atoms with van der Waals surface area (Å²) in [7, 11) is 0. The molecular weight excluding hydrogens is 245 g/mol. The summed E-state index contributed by atoms with van der Waals surface area (Å²) in [5.41, 5.74) is -0.763. The molecule has 0 bridgehead atoms. The maximum atomic E-state index is 13.1. The first-order valence-corrected chi connectivity index (χ1v) is 4.54. The van der Waals surface area contributed by atoms with Crippen LogP contribution in [0.2, 0.25) is 0 Å². The highest BCUT2D eigenvalue weighted by Gasteiger charge is 2.37. The Morgan fingerprint density at radius 3 is 2.41 bits per heavy atom. The summed E-state index contributed by atoms with van der Waals surface area (Å²) in [5.74, 6) is -3.30. The van der Waals surface area contributed by atoms with E-state index in [0.717, 1.165) is 6.07 Å². The lowest BCUT2D eigenvalue weighted by atomic mass is 10.2. The Balaban J connectivity index is 2.87. The van der Waals surface area contributed by atoms with E-state index in [1.807, 2.05) is 0 Å². The van der Waals surface area contributed by atoms with Crippen molar-refractivity contribution < 1.29 is 26.7 Å². The molecule has 1 N–H and O–H groups in total. The zero-order chi connectivity index (χ0) is 13.2. The van der Waals surface area contributed by atoms with Gasteiger partial charge in [-0.15, -0.1) is 0 Å². The molecule has 1 atom stereocenters. The molecular formula is C10H8F5NO. The lowest BCUT2D eigenvalue weighted by Crippen LogP contribution is -2.43. The fourth-order valence-electron chi connectivity index (χ4n) is 1.03. The van der Waals surface area contributed by atoms with Gasteiger partial charge in [-0.25, -0.2) is 8.78 Å². The second-order valence-corrected chi connectivity index (χ2v) is 3.36. The smallest absolute Gasteiger partial charge is 0.340 e. The van der Waals surface area contributed by atoms with E-state index < -0.39 is 35.3 Å². The number of hydrogen-bond donors (Lipinski definition) is 1. The summed E-state index contributed by atoms with van der Waals surface area (Å²) in [6, 6.07) is -0.173. The van der Waals surface area contributed by atoms with Crippen molar-refractivity contribution >= 4 is 5.91 Å². The van der Waals surface area contributed by atoms with Crippen LogP contribution in [-0.2, 0) is 0 Å². The maximum absolute atomic E-state index is 13.1. The largest absolute Gasteiger partial charge is 0.408 e. The average Bonchev–Trinajstić information content (AvgIpc) is 2.20. The van der Waals surface area contributed by atoms with Crippen molar-refractivity contribution in [2.24, 2.45) is 0 Å². The second-order valence-electron chi connectivity index (χ2n) is 3.36. The average molecular weight is 253 g/mol. The summed E-state index contributed by atoms with van der Waals surface area (Å²) >= 11 is 0. The molecule has 0 saturated carbocycles. The fourth-order valence-corrected chi connectivity index (χ4v) is 1.03. The molecule has 0 aliphatic carbocycles. The van der Waals surface area contributed by atoms with E-state index in [-0.39, 0.29) is 0 Å². The molecule has 2 nitrogen and oxygen atoms in total. The van der Waals surface area contributed by atoms with Gasteiger partial charge in [-0.3, -0.25) is 4.79 Å². The van der Waals surface area contributed by atoms with E-state index >= 15 is 0 Å². The normalized spacial score (nSPS) is 13.3. The SMILES string of the molecule is CC(NC(=O)c1cc(F)ccc1F)C(F)(F)F. The Morgan fingerprint density at radius 2 is 1.88 bits per heavy atom. The third-order valence-electron chi connectivity index (χ3n) is 2.01. The number of halogens is 5. The van der Waals surface area contributed by atoms with E-state index in [1.165, 1.54) is 5.32 Å². The van der Waals surface area contributed by atoms with E-state index in [1.54, 1.807) is 0 Å². The maximum Gasteiger partial charge on any atom is 0.408 e. The van der Waals surface area contributed by atoms with Crippen molar-refractivity contribution in [1.29, 1.82) is 0 Å². The first-order chi connectivity index (χ1) is 7.71. The van der Waals surface area contributed by atoms with Crippen LogP contribution in [0, 0.1) is 11.6 Å². The van der Waals surface area contributed by atoms with Gasteiger partial charge >= 0.3 is 6.18 Å². The van der Waals surface area contributed by atoms with Gasteiger partial charge in [-0.2, -0.15) is 13.2 Å². The number of carbonyl (C=O) groups is 1. The highest BCUT2D eigenvalue weighted by Crippen LogP contribution is 2.20. The third-order valence-corrected chi connectivity index (χ3v) is 2.01. The molecule has 1 rings (SSSR count). The Morgan fingerprint density at radius 1 is 1.29 bits per heavy atom. The van der Waals surface area contributed by atoms with Crippen LogP contribution in [0.4, 0.5) is 22.0 Å². The molecule has 0 radical (unpaired) electrons. The molecule has 0 aromatic heterocycles. The monoisotopic (exact) mass is 253 g/mol. The molecule has 7 heteroatoms. The topological polar surface area (TPSA) is 29.1 Å². The van der Waals surface area contributed by atoms with Crippen molar-refractivity contribution in [3.8, 4) is 0 Å². The van der Waals surface area contributed by atoms with Crippen LogP contribution in [0.1, 0.15) is 17.3 Å². The van der Waals surface area contributed by atoms with Gasteiger partial charge in [0.15, 0.2) is 0 Å². The van der Waals surface area contributed by atoms with Crippen molar-refractivity contribution in [3.05, 3.63) is 35.4 Å². The van der Waals surface area contributed by atoms with Gasteiger partial charge in [0.05, 0.1) is 5.56 Å². The van der Waals surface area contributed by atoms with E-state index in [2.05, 4.69) is 0 Å². The minimum Gasteiger partial charge on any atom is -0.340 e. The van der Waals surface area contributed by atoms with Crippen LogP contribution in [0.15, 0.2) is 18.2 Å². The lowest BCUT2D eigenvalue weighted by molar-refractivity contribution is -0.149. The predicted octanol–water partition coefficient (Wildman–Crippen LogP) is 2.65. The quantitative estimate of drug-likeness (QED) is 0.806. The van der Waals surface area contributed by atoms with Gasteiger partial charge in [0.2, 0.25) is 0 Å². The number of hydrogen-bond acceptors (Lipinski definition) is 1. The minimum absolute atomic E-state index is 0.535. The van der Waals surface area contributed by atoms with Gasteiger partial charge in [-0.1, -0.05) is 0 Å². The lowest BCUT2D eigenvalue weighted by Gasteiger charge is -2.17. The minimum atomic E-state index is -4.64. The fraction of sp³-hybridized carbons (Fsp3) is 0.300. The highest BCUT2D eigenvalue weighted by molar-refractivity contribution is 5.94. The molecule has 1 unspecified atom stereocenters. The van der Waals surface area contributed by atoms with Gasteiger partial charge in [-0.05, 0) is 25.1 Å². The standard InChI is InChI=1S/C10H8F5NO/c1-5(10(13,14)15)16-9(17)7-4-6(11)2-3-8(7)12/h2-5H,1H3,(H,16,17). The van der Waals surface area contributed by atoms with Gasteiger partial charge in [0.25, 0.3) is 5.91 Å². The molecule has 94 valence electrons. The molecule has 0 heterocycles. The van der Waals surface area contributed by atoms with Gasteiger partial charge in [0, 0.05) is 0 Å². The van der Waals surface area contributed by atoms with Crippen LogP contribution in [0.25, 0.3) is 0 Å². The summed E-state index contributed by atoms with van der Waals surface area (Å²) in [5, 5.41) is 1.53. The Bertz CT molecular complexity index is 429. The summed E-state index contributed by atoms with van der Waals surface area (Å²) in [4.78, 5) is 11.3. The molecule has 0 aliphatic heterocycles. The molecule has 0 saturated heterocycles. The summed E-state index contributed by atoms with van der Waals surface area (Å²) < 4.78 is 62.1. The molecule has 1 amide bonds. The Hall–Kier alpha value is -1.66. The number of alkyl halides is 3. The molecule has 17 heavy (non-hydrogen) atoms. The van der Waals surface area contributed by atoms with Gasteiger partial charge < -0.3 is 5.32 Å².